The van der Waals surface area contributed by atoms with Gasteiger partial charge in [-0.1, -0.05) is 66.7 Å². The lowest BCUT2D eigenvalue weighted by atomic mass is 9.86. The zero-order chi connectivity index (χ0) is 20.1. The second-order valence-electron chi connectivity index (χ2n) is 7.38. The van der Waals surface area contributed by atoms with Crippen LogP contribution in [-0.4, -0.2) is 25.7 Å². The molecule has 1 fully saturated rings. The fraction of sp³-hybridized carbons (Fsp3) is 0.240. The number of nitrogens with zero attached hydrogens (tertiary/aromatic N) is 1. The molecule has 0 spiro atoms. The quantitative estimate of drug-likeness (QED) is 0.608. The van der Waals surface area contributed by atoms with Gasteiger partial charge in [-0.25, -0.2) is 4.39 Å². The first-order valence-corrected chi connectivity index (χ1v) is 9.96. The predicted molar refractivity (Wildman–Crippen MR) is 113 cm³/mol. The van der Waals surface area contributed by atoms with Gasteiger partial charge in [-0.2, -0.15) is 0 Å². The van der Waals surface area contributed by atoms with E-state index in [1.54, 1.807) is 4.90 Å². The number of hydrogen-bond acceptors (Lipinski definition) is 2. The number of amides is 1. The fourth-order valence-electron chi connectivity index (χ4n) is 3.90. The van der Waals surface area contributed by atoms with E-state index in [9.17, 15) is 4.79 Å². The van der Waals surface area contributed by atoms with Crippen LogP contribution in [0.4, 0.5) is 10.1 Å². The number of carbonyl (C=O) groups is 1. The molecule has 1 saturated heterocycles. The highest BCUT2D eigenvalue weighted by Gasteiger charge is 2.23. The van der Waals surface area contributed by atoms with Crippen molar-refractivity contribution < 1.29 is 13.9 Å². The molecule has 0 radical (unpaired) electrons. The topological polar surface area (TPSA) is 29.5 Å². The molecule has 0 atom stereocenters. The molecule has 29 heavy (non-hydrogen) atoms. The van der Waals surface area contributed by atoms with E-state index in [0.29, 0.717) is 24.4 Å². The van der Waals surface area contributed by atoms with Crippen molar-refractivity contribution in [3.8, 4) is 0 Å². The molecule has 148 valence electrons. The van der Waals surface area contributed by atoms with Crippen molar-refractivity contribution in [3.05, 3.63) is 101 Å². The summed E-state index contributed by atoms with van der Waals surface area (Å²) in [6, 6.07) is 25.5. The highest BCUT2D eigenvalue weighted by Crippen LogP contribution is 2.30. The van der Waals surface area contributed by atoms with Crippen LogP contribution >= 0.6 is 0 Å². The third kappa shape index (κ3) is 4.72. The van der Waals surface area contributed by atoms with E-state index in [2.05, 4.69) is 24.3 Å². The van der Waals surface area contributed by atoms with Crippen molar-refractivity contribution in [2.24, 2.45) is 0 Å². The molecule has 0 N–H and O–H groups in total. The molecule has 4 heteroatoms. The van der Waals surface area contributed by atoms with Crippen LogP contribution in [0.5, 0.6) is 0 Å². The van der Waals surface area contributed by atoms with Crippen LogP contribution in [0.25, 0.3) is 0 Å². The van der Waals surface area contributed by atoms with Gasteiger partial charge in [0, 0.05) is 12.2 Å². The minimum absolute atomic E-state index is 0.00856. The average Bonchev–Trinajstić information content (AvgIpc) is 2.75. The van der Waals surface area contributed by atoms with Crippen LogP contribution in [0.15, 0.2) is 78.9 Å². The molecule has 0 saturated carbocycles. The molecule has 1 amide bonds. The fourth-order valence-corrected chi connectivity index (χ4v) is 3.90. The molecule has 3 aromatic rings. The monoisotopic (exact) mass is 389 g/mol. The van der Waals surface area contributed by atoms with E-state index in [1.807, 2.05) is 48.5 Å². The van der Waals surface area contributed by atoms with Gasteiger partial charge in [-0.15, -0.1) is 0 Å². The number of ether oxygens (including phenoxy) is 1. The van der Waals surface area contributed by atoms with Gasteiger partial charge in [-0.05, 0) is 47.6 Å². The second kappa shape index (κ2) is 9.01. The number of carbonyl (C=O) groups excluding carboxylic acids is 1. The number of benzene rings is 3. The highest BCUT2D eigenvalue weighted by molar-refractivity contribution is 5.94. The summed E-state index contributed by atoms with van der Waals surface area (Å²) in [6.07, 6.45) is 1.50. The summed E-state index contributed by atoms with van der Waals surface area (Å²) in [4.78, 5) is 13.7. The number of hydrogen-bond donors (Lipinski definition) is 0. The maximum absolute atomic E-state index is 15.2. The Morgan fingerprint density at radius 2 is 1.52 bits per heavy atom. The van der Waals surface area contributed by atoms with Gasteiger partial charge in [0.2, 0.25) is 0 Å². The minimum Gasteiger partial charge on any atom is -0.370 e. The second-order valence-corrected chi connectivity index (χ2v) is 7.38. The normalized spacial score (nSPS) is 14.4. The molecular weight excluding hydrogens is 365 g/mol. The van der Waals surface area contributed by atoms with Gasteiger partial charge in [-0.3, -0.25) is 4.79 Å². The average molecular weight is 389 g/mol. The molecule has 4 rings (SSSR count). The summed E-state index contributed by atoms with van der Waals surface area (Å²) in [7, 11) is 0. The summed E-state index contributed by atoms with van der Waals surface area (Å²) < 4.78 is 20.4. The van der Waals surface area contributed by atoms with Crippen LogP contribution in [0.1, 0.15) is 22.6 Å². The van der Waals surface area contributed by atoms with Gasteiger partial charge in [0.1, 0.15) is 12.4 Å². The van der Waals surface area contributed by atoms with E-state index in [1.165, 1.54) is 17.2 Å². The Labute approximate surface area is 170 Å². The van der Waals surface area contributed by atoms with E-state index in [0.717, 1.165) is 12.8 Å². The summed E-state index contributed by atoms with van der Waals surface area (Å²) in [6.45, 7) is 0.975. The van der Waals surface area contributed by atoms with Gasteiger partial charge in [0.15, 0.2) is 0 Å². The van der Waals surface area contributed by atoms with E-state index >= 15 is 4.39 Å². The first kappa shape index (κ1) is 19.3. The summed E-state index contributed by atoms with van der Waals surface area (Å²) in [5, 5.41) is 0. The number of morpholine rings is 1. The Balaban J connectivity index is 1.63. The number of anilines is 1. The highest BCUT2D eigenvalue weighted by atomic mass is 19.1. The molecule has 1 heterocycles. The number of rotatable bonds is 6. The van der Waals surface area contributed by atoms with Gasteiger partial charge < -0.3 is 9.64 Å². The third-order valence-corrected chi connectivity index (χ3v) is 5.37. The van der Waals surface area contributed by atoms with Crippen LogP contribution < -0.4 is 4.90 Å². The maximum Gasteiger partial charge on any atom is 0.253 e. The predicted octanol–water partition coefficient (Wildman–Crippen LogP) is 4.76. The lowest BCUT2D eigenvalue weighted by Crippen LogP contribution is -2.41. The lowest BCUT2D eigenvalue weighted by Gasteiger charge is -2.27. The lowest BCUT2D eigenvalue weighted by molar-refractivity contribution is -0.125. The maximum atomic E-state index is 15.2. The first-order chi connectivity index (χ1) is 14.2. The Bertz CT molecular complexity index is 918. The Morgan fingerprint density at radius 3 is 2.07 bits per heavy atom. The van der Waals surface area contributed by atoms with Crippen LogP contribution in [-0.2, 0) is 22.4 Å². The van der Waals surface area contributed by atoms with E-state index in [-0.39, 0.29) is 24.2 Å². The zero-order valence-corrected chi connectivity index (χ0v) is 16.3. The molecule has 0 unspecified atom stereocenters. The van der Waals surface area contributed by atoms with Crippen molar-refractivity contribution in [3.63, 3.8) is 0 Å². The summed E-state index contributed by atoms with van der Waals surface area (Å²) in [5.41, 5.74) is 3.64. The minimum atomic E-state index is -0.265. The molecule has 3 aromatic carbocycles. The van der Waals surface area contributed by atoms with Crippen molar-refractivity contribution >= 4 is 11.6 Å². The van der Waals surface area contributed by atoms with Gasteiger partial charge >= 0.3 is 0 Å². The largest absolute Gasteiger partial charge is 0.370 e. The van der Waals surface area contributed by atoms with Crippen molar-refractivity contribution in [2.45, 2.75) is 18.8 Å². The molecular formula is C25H24FNO2. The smallest absolute Gasteiger partial charge is 0.253 e. The van der Waals surface area contributed by atoms with E-state index < -0.39 is 0 Å². The van der Waals surface area contributed by atoms with Crippen LogP contribution in [0.2, 0.25) is 0 Å². The SMILES string of the molecule is O=C1COCCN1c1ccc(C(Cc2ccccc2)Cc2ccccc2)c(F)c1. The Hall–Kier alpha value is -2.98. The summed E-state index contributed by atoms with van der Waals surface area (Å²) >= 11 is 0. The van der Waals surface area contributed by atoms with Crippen molar-refractivity contribution in [1.82, 2.24) is 0 Å². The Kier molecular flexibility index (Phi) is 6.01. The molecule has 0 aliphatic carbocycles. The zero-order valence-electron chi connectivity index (χ0n) is 16.3. The summed E-state index contributed by atoms with van der Waals surface area (Å²) in [5.74, 6) is -0.388. The first-order valence-electron chi connectivity index (χ1n) is 9.96. The standard InChI is InChI=1S/C25H24FNO2/c26-24-17-22(27-13-14-29-18-25(27)28)11-12-23(24)21(15-19-7-3-1-4-8-19)16-20-9-5-2-6-10-20/h1-12,17,21H,13-16,18H2. The Morgan fingerprint density at radius 1 is 0.897 bits per heavy atom. The van der Waals surface area contributed by atoms with Gasteiger partial charge in [0.25, 0.3) is 5.91 Å². The molecule has 1 aliphatic heterocycles. The van der Waals surface area contributed by atoms with Crippen LogP contribution in [0, 0.1) is 5.82 Å². The number of halogens is 1. The van der Waals surface area contributed by atoms with Crippen LogP contribution in [0.3, 0.4) is 0 Å². The third-order valence-electron chi connectivity index (χ3n) is 5.37. The molecule has 1 aliphatic rings. The van der Waals surface area contributed by atoms with E-state index in [4.69, 9.17) is 4.74 Å². The molecule has 0 aromatic heterocycles. The van der Waals surface area contributed by atoms with Gasteiger partial charge in [0.05, 0.1) is 6.61 Å². The molecule has 0 bridgehead atoms. The molecule has 3 nitrogen and oxygen atoms in total. The van der Waals surface area contributed by atoms with Crippen molar-refractivity contribution in [1.29, 1.82) is 0 Å². The van der Waals surface area contributed by atoms with Crippen molar-refractivity contribution in [2.75, 3.05) is 24.7 Å².